The largest absolute Gasteiger partial charge is 0.495 e. The Balaban J connectivity index is 1.89. The van der Waals surface area contributed by atoms with E-state index in [1.165, 1.54) is 44.5 Å². The van der Waals surface area contributed by atoms with Crippen molar-refractivity contribution in [1.29, 1.82) is 0 Å². The number of benzene rings is 1. The first-order chi connectivity index (χ1) is 23.7. The Kier molecular flexibility index (Phi) is 10.5. The molecule has 4 amide bonds. The molecule has 0 bridgehead atoms. The van der Waals surface area contributed by atoms with Crippen molar-refractivity contribution in [2.24, 2.45) is 4.99 Å². The van der Waals surface area contributed by atoms with Gasteiger partial charge in [0.25, 0.3) is 5.91 Å². The van der Waals surface area contributed by atoms with Gasteiger partial charge in [0, 0.05) is 11.3 Å². The predicted octanol–water partition coefficient (Wildman–Crippen LogP) is 5.69. The van der Waals surface area contributed by atoms with E-state index in [-0.39, 0.29) is 16.9 Å². The lowest BCUT2D eigenvalue weighted by Gasteiger charge is -2.53. The number of halogens is 1. The van der Waals surface area contributed by atoms with Crippen LogP contribution in [0.4, 0.5) is 24.5 Å². The van der Waals surface area contributed by atoms with Crippen LogP contribution in [-0.4, -0.2) is 101 Å². The number of amides is 4. The van der Waals surface area contributed by atoms with E-state index in [1.54, 1.807) is 62.3 Å². The number of likely N-dealkylation sites (tertiary alicyclic amines) is 1. The van der Waals surface area contributed by atoms with E-state index in [0.29, 0.717) is 10.6 Å². The number of carbonyl (C=O) groups excluding carboxylic acids is 4. The Bertz CT molecular complexity index is 1860. The molecule has 17 heteroatoms. The highest BCUT2D eigenvalue weighted by atomic mass is 32.2. The van der Waals surface area contributed by atoms with Crippen molar-refractivity contribution in [2.45, 2.75) is 96.3 Å². The van der Waals surface area contributed by atoms with Crippen molar-refractivity contribution in [1.82, 2.24) is 14.8 Å². The summed E-state index contributed by atoms with van der Waals surface area (Å²) in [7, 11) is -3.07. The minimum absolute atomic E-state index is 0.0188. The molecule has 0 aliphatic carbocycles. The van der Waals surface area contributed by atoms with Crippen molar-refractivity contribution in [2.75, 3.05) is 31.3 Å². The van der Waals surface area contributed by atoms with Crippen molar-refractivity contribution < 1.29 is 50.9 Å². The van der Waals surface area contributed by atoms with Crippen molar-refractivity contribution in [3.63, 3.8) is 0 Å². The minimum Gasteiger partial charge on any atom is -0.495 e. The molecule has 15 nitrogen and oxygen atoms in total. The number of aromatic nitrogens is 1. The Labute approximate surface area is 302 Å². The van der Waals surface area contributed by atoms with E-state index in [2.05, 4.69) is 15.3 Å². The maximum Gasteiger partial charge on any atom is 0.425 e. The summed E-state index contributed by atoms with van der Waals surface area (Å²) in [5, 5.41) is 2.61. The molecule has 1 aromatic heterocycles. The summed E-state index contributed by atoms with van der Waals surface area (Å²) in [6.45, 7) is 14.4. The van der Waals surface area contributed by atoms with Gasteiger partial charge >= 0.3 is 18.3 Å². The van der Waals surface area contributed by atoms with Gasteiger partial charge in [-0.2, -0.15) is 4.90 Å². The molecular formula is C35H46FN5O10S. The van der Waals surface area contributed by atoms with Crippen LogP contribution in [0.3, 0.4) is 0 Å². The van der Waals surface area contributed by atoms with Crippen LogP contribution in [0.2, 0.25) is 0 Å². The number of imide groups is 1. The van der Waals surface area contributed by atoms with Gasteiger partial charge in [0.2, 0.25) is 0 Å². The highest BCUT2D eigenvalue weighted by molar-refractivity contribution is 7.93. The van der Waals surface area contributed by atoms with Crippen LogP contribution in [0, 0.1) is 5.82 Å². The highest BCUT2D eigenvalue weighted by Crippen LogP contribution is 2.45. The summed E-state index contributed by atoms with van der Waals surface area (Å²) in [5.41, 5.74) is -5.42. The van der Waals surface area contributed by atoms with Crippen LogP contribution >= 0.6 is 0 Å². The first-order valence-electron chi connectivity index (χ1n) is 16.4. The standard InChI is InChI=1S/C35H46FN5O10S/c1-31(2,3)49-28(43)40-18-35(19-40)27(41(29(44)50-32(4,5)6)30(45)51-33(7,8)9)39-34(10,20-52(35,46)47)23-16-21(12-14-24(23)36)38-26(42)25-15-13-22(48-11)17-37-25/h12-17H,18-20H2,1-11H3,(H,38,42)/t34-/m0/s1. The number of ether oxygens (including phenoxy) is 4. The molecule has 0 radical (unpaired) electrons. The average Bonchev–Trinajstić information content (AvgIpc) is 2.93. The molecule has 0 unspecified atom stereocenters. The zero-order valence-electron chi connectivity index (χ0n) is 31.2. The van der Waals surface area contributed by atoms with Crippen molar-refractivity contribution >= 4 is 45.5 Å². The molecule has 3 heterocycles. The highest BCUT2D eigenvalue weighted by Gasteiger charge is 2.66. The summed E-state index contributed by atoms with van der Waals surface area (Å²) < 4.78 is 64.4. The van der Waals surface area contributed by atoms with Gasteiger partial charge in [-0.1, -0.05) is 0 Å². The lowest BCUT2D eigenvalue weighted by atomic mass is 9.90. The number of amidine groups is 1. The fourth-order valence-electron chi connectivity index (χ4n) is 5.48. The Morgan fingerprint density at radius 2 is 1.44 bits per heavy atom. The molecule has 1 atom stereocenters. The van der Waals surface area contributed by atoms with Gasteiger partial charge < -0.3 is 29.2 Å². The number of hydrogen-bond acceptors (Lipinski definition) is 12. The van der Waals surface area contributed by atoms with Crippen LogP contribution in [0.5, 0.6) is 5.75 Å². The molecule has 2 aromatic rings. The second-order valence-electron chi connectivity index (χ2n) is 15.8. The SMILES string of the molecule is COc1ccc(C(=O)Nc2ccc(F)c([C@]3(C)CS(=O)(=O)C4(CN(C(=O)OC(C)(C)C)C4)C(N(C(=O)OC(C)(C)C)C(=O)OC(C)(C)C)=N3)c2)nc1. The Morgan fingerprint density at radius 1 is 0.885 bits per heavy atom. The summed E-state index contributed by atoms with van der Waals surface area (Å²) in [6.07, 6.45) is -2.09. The van der Waals surface area contributed by atoms with Crippen LogP contribution in [0.15, 0.2) is 41.5 Å². The van der Waals surface area contributed by atoms with E-state index in [9.17, 15) is 27.6 Å². The third kappa shape index (κ3) is 8.62. The molecule has 0 saturated carbocycles. The predicted molar refractivity (Wildman–Crippen MR) is 189 cm³/mol. The number of pyridine rings is 1. The molecule has 1 N–H and O–H groups in total. The quantitative estimate of drug-likeness (QED) is 0.380. The fourth-order valence-corrected chi connectivity index (χ4v) is 7.84. The average molecular weight is 748 g/mol. The van der Waals surface area contributed by atoms with Crippen LogP contribution in [0.1, 0.15) is 85.3 Å². The molecule has 4 rings (SSSR count). The molecule has 1 aromatic carbocycles. The fraction of sp³-hybridized carbons (Fsp3) is 0.543. The topological polar surface area (TPSA) is 183 Å². The normalized spacial score (nSPS) is 19.5. The van der Waals surface area contributed by atoms with Gasteiger partial charge in [0.05, 0.1) is 32.1 Å². The van der Waals surface area contributed by atoms with Gasteiger partial charge in [-0.15, -0.1) is 0 Å². The lowest BCUT2D eigenvalue weighted by molar-refractivity contribution is 0.00524. The first-order valence-corrected chi connectivity index (χ1v) is 18.0. The number of nitrogens with zero attached hydrogens (tertiary/aromatic N) is 4. The lowest BCUT2D eigenvalue weighted by Crippen LogP contribution is -2.77. The molecular weight excluding hydrogens is 701 g/mol. The number of sulfone groups is 1. The molecule has 2 aliphatic heterocycles. The second-order valence-corrected chi connectivity index (χ2v) is 18.1. The zero-order chi connectivity index (χ0) is 39.2. The maximum absolute atomic E-state index is 15.8. The van der Waals surface area contributed by atoms with Crippen molar-refractivity contribution in [3.05, 3.63) is 53.6 Å². The van der Waals surface area contributed by atoms with E-state index in [4.69, 9.17) is 18.9 Å². The molecule has 52 heavy (non-hydrogen) atoms. The minimum atomic E-state index is -4.52. The summed E-state index contributed by atoms with van der Waals surface area (Å²) in [5.74, 6) is -2.55. The molecule has 284 valence electrons. The van der Waals surface area contributed by atoms with E-state index in [0.717, 1.165) is 11.0 Å². The Hall–Kier alpha value is -4.80. The van der Waals surface area contributed by atoms with Crippen molar-refractivity contribution in [3.8, 4) is 5.75 Å². The van der Waals surface area contributed by atoms with E-state index in [1.807, 2.05) is 0 Å². The number of nitrogens with one attached hydrogen (secondary N) is 1. The maximum atomic E-state index is 15.8. The van der Waals surface area contributed by atoms with Gasteiger partial charge in [-0.3, -0.25) is 9.79 Å². The monoisotopic (exact) mass is 747 g/mol. The third-order valence-electron chi connectivity index (χ3n) is 7.74. The second kappa shape index (κ2) is 13.6. The summed E-state index contributed by atoms with van der Waals surface area (Å²) in [6, 6.07) is 6.46. The molecule has 2 aliphatic rings. The number of anilines is 1. The van der Waals surface area contributed by atoms with Gasteiger partial charge in [-0.05, 0) is 99.6 Å². The third-order valence-corrected chi connectivity index (χ3v) is 10.3. The molecule has 1 saturated heterocycles. The Morgan fingerprint density at radius 3 is 1.92 bits per heavy atom. The number of rotatable bonds is 4. The number of aliphatic imine (C=N–C) groups is 1. The summed E-state index contributed by atoms with van der Waals surface area (Å²) >= 11 is 0. The summed E-state index contributed by atoms with van der Waals surface area (Å²) in [4.78, 5) is 64.0. The van der Waals surface area contributed by atoms with Crippen LogP contribution in [0.25, 0.3) is 0 Å². The van der Waals surface area contributed by atoms with E-state index >= 15 is 4.39 Å². The first kappa shape index (κ1) is 40.0. The van der Waals surface area contributed by atoms with Gasteiger partial charge in [0.15, 0.2) is 14.6 Å². The smallest absolute Gasteiger partial charge is 0.425 e. The van der Waals surface area contributed by atoms with Crippen LogP contribution in [-0.2, 0) is 29.6 Å². The van der Waals surface area contributed by atoms with Gasteiger partial charge in [0.1, 0.15) is 45.4 Å². The number of carbonyl (C=O) groups is 4. The number of hydrogen-bond donors (Lipinski definition) is 1. The zero-order valence-corrected chi connectivity index (χ0v) is 32.1. The van der Waals surface area contributed by atoms with Crippen LogP contribution < -0.4 is 10.1 Å². The van der Waals surface area contributed by atoms with E-state index < -0.39 is 91.6 Å². The molecule has 1 fully saturated rings. The number of methoxy groups -OCH3 is 1. The molecule has 1 spiro atoms. The van der Waals surface area contributed by atoms with Gasteiger partial charge in [-0.25, -0.2) is 32.2 Å².